The number of esters is 1. The summed E-state index contributed by atoms with van der Waals surface area (Å²) >= 11 is 0. The third-order valence-electron chi connectivity index (χ3n) is 1.98. The average molecular weight is 268 g/mol. The fraction of sp³-hybridized carbons (Fsp3) is 0.250. The minimum Gasteiger partial charge on any atom is -0.456 e. The molecule has 0 atom stereocenters. The summed E-state index contributed by atoms with van der Waals surface area (Å²) in [6.07, 6.45) is 0. The van der Waals surface area contributed by atoms with Gasteiger partial charge in [0.2, 0.25) is 5.91 Å². The number of ether oxygens (including phenoxy) is 1. The van der Waals surface area contributed by atoms with Crippen LogP contribution in [-0.4, -0.2) is 30.9 Å². The maximum absolute atomic E-state index is 12.6. The molecule has 102 valence electrons. The highest BCUT2D eigenvalue weighted by Crippen LogP contribution is 2.07. The van der Waals surface area contributed by atoms with Crippen LogP contribution in [0.2, 0.25) is 0 Å². The van der Waals surface area contributed by atoms with Crippen LogP contribution < -0.4 is 10.6 Å². The van der Waals surface area contributed by atoms with E-state index >= 15 is 0 Å². The van der Waals surface area contributed by atoms with E-state index in [9.17, 15) is 18.8 Å². The van der Waals surface area contributed by atoms with Crippen LogP contribution in [0, 0.1) is 5.82 Å². The van der Waals surface area contributed by atoms with E-state index in [1.807, 2.05) is 0 Å². The minimum absolute atomic E-state index is 0.266. The van der Waals surface area contributed by atoms with Crippen LogP contribution in [0.25, 0.3) is 0 Å². The van der Waals surface area contributed by atoms with E-state index in [-0.39, 0.29) is 6.54 Å². The zero-order valence-electron chi connectivity index (χ0n) is 10.2. The molecule has 0 saturated heterocycles. The lowest BCUT2D eigenvalue weighted by Gasteiger charge is -2.06. The fourth-order valence-electron chi connectivity index (χ4n) is 1.14. The molecule has 19 heavy (non-hydrogen) atoms. The molecule has 1 aromatic rings. The molecule has 0 aliphatic rings. The van der Waals surface area contributed by atoms with Crippen LogP contribution in [0.1, 0.15) is 6.92 Å². The van der Waals surface area contributed by atoms with Crippen LogP contribution in [0.5, 0.6) is 0 Å². The first-order valence-electron chi connectivity index (χ1n) is 5.43. The standard InChI is InChI=1S/C12H13FN2O4/c1-8(16)19-7-12(18)14-6-11(17)15-10-4-2-9(13)3-5-10/h2-5H,6-7H2,1H3,(H,14,18)(H,15,17). The molecule has 1 aromatic carbocycles. The number of halogens is 1. The van der Waals surface area contributed by atoms with Crippen molar-refractivity contribution < 1.29 is 23.5 Å². The van der Waals surface area contributed by atoms with E-state index in [0.717, 1.165) is 0 Å². The van der Waals surface area contributed by atoms with Gasteiger partial charge in [0.05, 0.1) is 6.54 Å². The molecule has 0 aliphatic carbocycles. The molecule has 0 spiro atoms. The summed E-state index contributed by atoms with van der Waals surface area (Å²) in [5.74, 6) is -2.04. The molecular weight excluding hydrogens is 255 g/mol. The van der Waals surface area contributed by atoms with Gasteiger partial charge >= 0.3 is 5.97 Å². The topological polar surface area (TPSA) is 84.5 Å². The van der Waals surface area contributed by atoms with Crippen molar-refractivity contribution in [3.8, 4) is 0 Å². The second-order valence-corrected chi connectivity index (χ2v) is 3.61. The lowest BCUT2D eigenvalue weighted by Crippen LogP contribution is -2.35. The van der Waals surface area contributed by atoms with Crippen molar-refractivity contribution in [3.05, 3.63) is 30.1 Å². The van der Waals surface area contributed by atoms with Crippen LogP contribution in [0.4, 0.5) is 10.1 Å². The third kappa shape index (κ3) is 6.16. The van der Waals surface area contributed by atoms with Crippen molar-refractivity contribution in [3.63, 3.8) is 0 Å². The fourth-order valence-corrected chi connectivity index (χ4v) is 1.14. The van der Waals surface area contributed by atoms with Crippen molar-refractivity contribution in [2.75, 3.05) is 18.5 Å². The van der Waals surface area contributed by atoms with Gasteiger partial charge in [0.1, 0.15) is 5.82 Å². The molecule has 0 radical (unpaired) electrons. The minimum atomic E-state index is -0.579. The maximum Gasteiger partial charge on any atom is 0.303 e. The van der Waals surface area contributed by atoms with Crippen molar-refractivity contribution >= 4 is 23.5 Å². The second-order valence-electron chi connectivity index (χ2n) is 3.61. The Hall–Kier alpha value is -2.44. The summed E-state index contributed by atoms with van der Waals surface area (Å²) in [6, 6.07) is 5.20. The first kappa shape index (κ1) is 14.6. The molecule has 7 heteroatoms. The molecule has 2 amide bonds. The van der Waals surface area contributed by atoms with Crippen molar-refractivity contribution in [1.29, 1.82) is 0 Å². The normalized spacial score (nSPS) is 9.58. The SMILES string of the molecule is CC(=O)OCC(=O)NCC(=O)Nc1ccc(F)cc1. The predicted octanol–water partition coefficient (Wildman–Crippen LogP) is 0.443. The quantitative estimate of drug-likeness (QED) is 0.759. The molecule has 0 fully saturated rings. The van der Waals surface area contributed by atoms with Crippen LogP contribution >= 0.6 is 0 Å². The molecule has 0 saturated carbocycles. The number of hydrogen-bond donors (Lipinski definition) is 2. The van der Waals surface area contributed by atoms with Gasteiger partial charge in [-0.1, -0.05) is 0 Å². The highest BCUT2D eigenvalue weighted by molar-refractivity contribution is 5.94. The first-order valence-corrected chi connectivity index (χ1v) is 5.43. The van der Waals surface area contributed by atoms with Gasteiger partial charge in [-0.05, 0) is 24.3 Å². The number of hydrogen-bond acceptors (Lipinski definition) is 4. The van der Waals surface area contributed by atoms with Crippen LogP contribution in [0.15, 0.2) is 24.3 Å². The summed E-state index contributed by atoms with van der Waals surface area (Å²) in [7, 11) is 0. The third-order valence-corrected chi connectivity index (χ3v) is 1.98. The second kappa shape index (κ2) is 7.10. The zero-order chi connectivity index (χ0) is 14.3. The monoisotopic (exact) mass is 268 g/mol. The number of amides is 2. The molecule has 0 aliphatic heterocycles. The van der Waals surface area contributed by atoms with Gasteiger partial charge in [-0.15, -0.1) is 0 Å². The Kier molecular flexibility index (Phi) is 5.46. The molecule has 0 unspecified atom stereocenters. The number of carbonyl (C=O) groups is 3. The zero-order valence-corrected chi connectivity index (χ0v) is 10.2. The summed E-state index contributed by atoms with van der Waals surface area (Å²) in [5.41, 5.74) is 0.417. The Labute approximate surface area is 108 Å². The number of rotatable bonds is 5. The Bertz CT molecular complexity index is 473. The number of anilines is 1. The van der Waals surface area contributed by atoms with Gasteiger partial charge in [-0.3, -0.25) is 14.4 Å². The molecule has 0 aromatic heterocycles. The van der Waals surface area contributed by atoms with Crippen LogP contribution in [0.3, 0.4) is 0 Å². The largest absolute Gasteiger partial charge is 0.456 e. The van der Waals surface area contributed by atoms with E-state index in [4.69, 9.17) is 0 Å². The maximum atomic E-state index is 12.6. The van der Waals surface area contributed by atoms with Crippen molar-refractivity contribution in [1.82, 2.24) is 5.32 Å². The number of carbonyl (C=O) groups excluding carboxylic acids is 3. The van der Waals surface area contributed by atoms with Crippen molar-refractivity contribution in [2.24, 2.45) is 0 Å². The summed E-state index contributed by atoms with van der Waals surface area (Å²) in [6.45, 7) is 0.477. The van der Waals surface area contributed by atoms with E-state index < -0.39 is 30.2 Å². The van der Waals surface area contributed by atoms with Crippen LogP contribution in [-0.2, 0) is 19.1 Å². The highest BCUT2D eigenvalue weighted by atomic mass is 19.1. The molecule has 2 N–H and O–H groups in total. The van der Waals surface area contributed by atoms with Gasteiger partial charge in [0.25, 0.3) is 5.91 Å². The van der Waals surface area contributed by atoms with E-state index in [2.05, 4.69) is 15.4 Å². The van der Waals surface area contributed by atoms with Gasteiger partial charge in [0.15, 0.2) is 6.61 Å². The molecule has 0 bridgehead atoms. The Morgan fingerprint density at radius 2 is 1.79 bits per heavy atom. The Balaban J connectivity index is 2.29. The summed E-state index contributed by atoms with van der Waals surface area (Å²) < 4.78 is 17.1. The first-order chi connectivity index (χ1) is 8.97. The van der Waals surface area contributed by atoms with E-state index in [0.29, 0.717) is 5.69 Å². The molecule has 6 nitrogen and oxygen atoms in total. The Morgan fingerprint density at radius 1 is 1.16 bits per heavy atom. The van der Waals surface area contributed by atoms with Crippen molar-refractivity contribution in [2.45, 2.75) is 6.92 Å². The predicted molar refractivity (Wildman–Crippen MR) is 64.7 cm³/mol. The summed E-state index contributed by atoms with van der Waals surface area (Å²) in [5, 5.41) is 4.73. The Morgan fingerprint density at radius 3 is 2.37 bits per heavy atom. The number of nitrogens with one attached hydrogen (secondary N) is 2. The average Bonchev–Trinajstić information content (AvgIpc) is 2.36. The molecule has 0 heterocycles. The van der Waals surface area contributed by atoms with E-state index in [1.165, 1.54) is 31.2 Å². The number of benzene rings is 1. The highest BCUT2D eigenvalue weighted by Gasteiger charge is 2.07. The smallest absolute Gasteiger partial charge is 0.303 e. The molecular formula is C12H13FN2O4. The molecule has 1 rings (SSSR count). The lowest BCUT2D eigenvalue weighted by atomic mass is 10.3. The van der Waals surface area contributed by atoms with E-state index in [1.54, 1.807) is 0 Å². The lowest BCUT2D eigenvalue weighted by molar-refractivity contribution is -0.146. The van der Waals surface area contributed by atoms with Gasteiger partial charge in [-0.2, -0.15) is 0 Å². The van der Waals surface area contributed by atoms with Gasteiger partial charge in [0, 0.05) is 12.6 Å². The van der Waals surface area contributed by atoms with Gasteiger partial charge in [-0.25, -0.2) is 4.39 Å². The summed E-state index contributed by atoms with van der Waals surface area (Å²) in [4.78, 5) is 33.0. The van der Waals surface area contributed by atoms with Gasteiger partial charge < -0.3 is 15.4 Å².